The summed E-state index contributed by atoms with van der Waals surface area (Å²) in [6.07, 6.45) is -0.705. The lowest BCUT2D eigenvalue weighted by molar-refractivity contribution is -0.131. The van der Waals surface area contributed by atoms with Crippen molar-refractivity contribution in [3.05, 3.63) is 4.91 Å². The Bertz CT molecular complexity index is 228. The molecule has 1 heterocycles. The van der Waals surface area contributed by atoms with E-state index in [-0.39, 0.29) is 25.4 Å². The van der Waals surface area contributed by atoms with Gasteiger partial charge in [-0.1, -0.05) is 0 Å². The molecule has 1 aliphatic heterocycles. The third kappa shape index (κ3) is 1.85. The lowest BCUT2D eigenvalue weighted by Gasteiger charge is -2.11. The van der Waals surface area contributed by atoms with Gasteiger partial charge in [-0.05, 0) is 0 Å². The Labute approximate surface area is 68.1 Å². The van der Waals surface area contributed by atoms with Crippen molar-refractivity contribution in [1.29, 1.82) is 0 Å². The number of nitroso groups, excluding NO2 is 1. The maximum absolute atomic E-state index is 10.9. The lowest BCUT2D eigenvalue weighted by atomic mass is 10.3. The first-order chi connectivity index (χ1) is 5.63. The molecule has 1 atom stereocenters. The number of carbonyl (C=O) groups is 2. The summed E-state index contributed by atoms with van der Waals surface area (Å²) in [5.41, 5.74) is 0. The maximum Gasteiger partial charge on any atom is 0.305 e. The van der Waals surface area contributed by atoms with Gasteiger partial charge in [-0.2, -0.15) is 0 Å². The van der Waals surface area contributed by atoms with E-state index < -0.39 is 12.0 Å². The Balaban J connectivity index is 2.48. The number of β-amino-alcohol motifs (C(OH)–C–C–N with tert-alkyl or cyclic N) is 1. The summed E-state index contributed by atoms with van der Waals surface area (Å²) in [6.45, 7) is -0.209. The summed E-state index contributed by atoms with van der Waals surface area (Å²) < 4.78 is 0. The van der Waals surface area contributed by atoms with Crippen LogP contribution in [0.5, 0.6) is 0 Å². The summed E-state index contributed by atoms with van der Waals surface area (Å²) in [5.74, 6) is -1.21. The zero-order chi connectivity index (χ0) is 9.14. The molecule has 0 bridgehead atoms. The van der Waals surface area contributed by atoms with Gasteiger partial charge in [-0.15, -0.1) is 4.91 Å². The van der Waals surface area contributed by atoms with Crippen LogP contribution in [0.1, 0.15) is 6.42 Å². The van der Waals surface area contributed by atoms with Crippen LogP contribution in [-0.4, -0.2) is 41.0 Å². The molecule has 1 N–H and O–H groups in total. The molecule has 2 amide bonds. The van der Waals surface area contributed by atoms with E-state index in [0.29, 0.717) is 0 Å². The molecule has 0 radical (unpaired) electrons. The Morgan fingerprint density at radius 2 is 2.42 bits per heavy atom. The molecular weight excluding hydrogens is 164 g/mol. The van der Waals surface area contributed by atoms with Crippen LogP contribution in [0.2, 0.25) is 0 Å². The van der Waals surface area contributed by atoms with Crippen molar-refractivity contribution in [3.63, 3.8) is 0 Å². The molecular formula is C6H8N2O4. The Kier molecular flexibility index (Phi) is 2.49. The Hall–Kier alpha value is -1.30. The molecule has 0 aromatic carbocycles. The minimum Gasteiger partial charge on any atom is -0.391 e. The molecule has 1 saturated heterocycles. The summed E-state index contributed by atoms with van der Waals surface area (Å²) in [6, 6.07) is 0. The number of aliphatic hydroxyl groups excluding tert-OH is 1. The van der Waals surface area contributed by atoms with Crippen LogP contribution in [0, 0.1) is 4.91 Å². The topological polar surface area (TPSA) is 87.0 Å². The first-order valence-corrected chi connectivity index (χ1v) is 3.45. The second-order valence-electron chi connectivity index (χ2n) is 2.62. The van der Waals surface area contributed by atoms with Gasteiger partial charge < -0.3 is 10.0 Å². The maximum atomic E-state index is 10.9. The molecule has 0 saturated carbocycles. The van der Waals surface area contributed by atoms with E-state index in [1.54, 1.807) is 0 Å². The van der Waals surface area contributed by atoms with E-state index in [2.05, 4.69) is 5.18 Å². The van der Waals surface area contributed by atoms with Crippen LogP contribution in [-0.2, 0) is 9.59 Å². The molecule has 6 nitrogen and oxygen atoms in total. The number of likely N-dealkylation sites (tertiary alicyclic amines) is 1. The van der Waals surface area contributed by atoms with Crippen LogP contribution >= 0.6 is 0 Å². The van der Waals surface area contributed by atoms with Crippen molar-refractivity contribution in [3.8, 4) is 0 Å². The molecule has 1 unspecified atom stereocenters. The largest absolute Gasteiger partial charge is 0.391 e. The van der Waals surface area contributed by atoms with Crippen LogP contribution in [0.25, 0.3) is 0 Å². The van der Waals surface area contributed by atoms with Crippen molar-refractivity contribution in [2.75, 3.05) is 13.1 Å². The van der Waals surface area contributed by atoms with Gasteiger partial charge in [-0.25, -0.2) is 0 Å². The van der Waals surface area contributed by atoms with Gasteiger partial charge in [0.1, 0.15) is 6.54 Å². The smallest absolute Gasteiger partial charge is 0.305 e. The van der Waals surface area contributed by atoms with E-state index in [0.717, 1.165) is 4.90 Å². The summed E-state index contributed by atoms with van der Waals surface area (Å²) >= 11 is 0. The quantitative estimate of drug-likeness (QED) is 0.534. The molecule has 0 aromatic heterocycles. The van der Waals surface area contributed by atoms with Crippen molar-refractivity contribution in [1.82, 2.24) is 4.90 Å². The highest BCUT2D eigenvalue weighted by atomic mass is 16.3. The third-order valence-corrected chi connectivity index (χ3v) is 1.62. The standard InChI is InChI=1S/C6H8N2O4/c9-4-1-6(11)8(2-4)3-5(10)7-12/h4,9H,1-3H2. The van der Waals surface area contributed by atoms with Crippen LogP contribution in [0.3, 0.4) is 0 Å². The molecule has 1 aliphatic rings. The minimum absolute atomic E-state index is 0.0200. The number of carbonyl (C=O) groups excluding carboxylic acids is 2. The summed E-state index contributed by atoms with van der Waals surface area (Å²) in [7, 11) is 0. The molecule has 1 fully saturated rings. The Morgan fingerprint density at radius 3 is 2.83 bits per heavy atom. The van der Waals surface area contributed by atoms with Crippen LogP contribution in [0.4, 0.5) is 0 Å². The van der Waals surface area contributed by atoms with Gasteiger partial charge in [0.25, 0.3) is 0 Å². The predicted molar refractivity (Wildman–Crippen MR) is 38.0 cm³/mol. The van der Waals surface area contributed by atoms with E-state index >= 15 is 0 Å². The van der Waals surface area contributed by atoms with Crippen LogP contribution in [0.15, 0.2) is 5.18 Å². The highest BCUT2D eigenvalue weighted by molar-refractivity contribution is 5.86. The zero-order valence-electron chi connectivity index (χ0n) is 6.27. The number of rotatable bonds is 2. The molecule has 12 heavy (non-hydrogen) atoms. The average molecular weight is 172 g/mol. The predicted octanol–water partition coefficient (Wildman–Crippen LogP) is -1.13. The average Bonchev–Trinajstić information content (AvgIpc) is 2.30. The van der Waals surface area contributed by atoms with Crippen LogP contribution < -0.4 is 0 Å². The molecule has 0 aliphatic carbocycles. The highest BCUT2D eigenvalue weighted by Crippen LogP contribution is 2.09. The number of nitrogens with zero attached hydrogens (tertiary/aromatic N) is 2. The number of hydrogen-bond donors (Lipinski definition) is 1. The minimum atomic E-state index is -0.891. The molecule has 0 aromatic rings. The SMILES string of the molecule is O=NC(=O)CN1CC(O)CC1=O. The fourth-order valence-corrected chi connectivity index (χ4v) is 1.10. The number of amides is 2. The van der Waals surface area contributed by atoms with Gasteiger partial charge >= 0.3 is 5.91 Å². The van der Waals surface area contributed by atoms with Crippen molar-refractivity contribution >= 4 is 11.8 Å². The van der Waals surface area contributed by atoms with E-state index in [9.17, 15) is 14.5 Å². The number of aliphatic hydroxyl groups is 1. The van der Waals surface area contributed by atoms with Crippen molar-refractivity contribution in [2.24, 2.45) is 5.18 Å². The molecule has 0 spiro atoms. The van der Waals surface area contributed by atoms with E-state index in [4.69, 9.17) is 5.11 Å². The van der Waals surface area contributed by atoms with Gasteiger partial charge in [0, 0.05) is 11.7 Å². The highest BCUT2D eigenvalue weighted by Gasteiger charge is 2.29. The second kappa shape index (κ2) is 3.40. The van der Waals surface area contributed by atoms with E-state index in [1.165, 1.54) is 0 Å². The van der Waals surface area contributed by atoms with Gasteiger partial charge in [0.2, 0.25) is 5.91 Å². The van der Waals surface area contributed by atoms with Gasteiger partial charge in [0.15, 0.2) is 0 Å². The zero-order valence-corrected chi connectivity index (χ0v) is 6.27. The van der Waals surface area contributed by atoms with Gasteiger partial charge in [-0.3, -0.25) is 9.59 Å². The lowest BCUT2D eigenvalue weighted by Crippen LogP contribution is -2.30. The molecule has 6 heteroatoms. The molecule has 66 valence electrons. The normalized spacial score (nSPS) is 22.9. The summed E-state index contributed by atoms with van der Waals surface area (Å²) in [4.78, 5) is 32.2. The first kappa shape index (κ1) is 8.79. The van der Waals surface area contributed by atoms with Crippen molar-refractivity contribution < 1.29 is 14.7 Å². The number of hydrogen-bond acceptors (Lipinski definition) is 4. The first-order valence-electron chi connectivity index (χ1n) is 3.45. The molecule has 1 rings (SSSR count). The fourth-order valence-electron chi connectivity index (χ4n) is 1.10. The second-order valence-corrected chi connectivity index (χ2v) is 2.62. The Morgan fingerprint density at radius 1 is 1.75 bits per heavy atom. The monoisotopic (exact) mass is 172 g/mol. The summed E-state index contributed by atoms with van der Waals surface area (Å²) in [5, 5.41) is 11.1. The van der Waals surface area contributed by atoms with Gasteiger partial charge in [0.05, 0.1) is 12.5 Å². The third-order valence-electron chi connectivity index (χ3n) is 1.62. The van der Waals surface area contributed by atoms with Crippen molar-refractivity contribution in [2.45, 2.75) is 12.5 Å². The van der Waals surface area contributed by atoms with E-state index in [1.807, 2.05) is 0 Å². The fraction of sp³-hybridized carbons (Fsp3) is 0.667.